The van der Waals surface area contributed by atoms with Crippen LogP contribution in [0.1, 0.15) is 25.7 Å². The van der Waals surface area contributed by atoms with Gasteiger partial charge >= 0.3 is 0 Å². The van der Waals surface area contributed by atoms with Crippen LogP contribution in [0.3, 0.4) is 0 Å². The number of ether oxygens (including phenoxy) is 2. The van der Waals surface area contributed by atoms with E-state index in [1.165, 1.54) is 0 Å². The molecule has 1 aliphatic rings. The van der Waals surface area contributed by atoms with E-state index in [9.17, 15) is 8.42 Å². The minimum atomic E-state index is -3.32. The maximum absolute atomic E-state index is 11.8. The largest absolute Gasteiger partial charge is 0.346 e. The van der Waals surface area contributed by atoms with Gasteiger partial charge < -0.3 is 9.47 Å². The van der Waals surface area contributed by atoms with Crippen molar-refractivity contribution in [2.45, 2.75) is 25.4 Å². The Kier molecular flexibility index (Phi) is 3.89. The highest BCUT2D eigenvalue weighted by Crippen LogP contribution is 2.25. The average Bonchev–Trinajstić information content (AvgIpc) is 2.82. The molecule has 0 aromatic heterocycles. The number of sulfonamides is 1. The summed E-state index contributed by atoms with van der Waals surface area (Å²) < 4.78 is 36.8. The topological polar surface area (TPSA) is 64.6 Å². The molecule has 0 saturated carbocycles. The number of hydrogen-bond acceptors (Lipinski definition) is 4. The fourth-order valence-electron chi connectivity index (χ4n) is 1.58. The molecule has 0 unspecified atom stereocenters. The highest BCUT2D eigenvalue weighted by molar-refractivity contribution is 7.93. The number of anilines is 1. The zero-order valence-corrected chi connectivity index (χ0v) is 11.2. The Bertz CT molecular complexity index is 507. The SMILES string of the molecule is CC(C)S(=O)(=O)Nc1cccc(C2OCCO2)c1. The van der Waals surface area contributed by atoms with Crippen molar-refractivity contribution in [1.82, 2.24) is 0 Å². The molecule has 18 heavy (non-hydrogen) atoms. The fraction of sp³-hybridized carbons (Fsp3) is 0.500. The van der Waals surface area contributed by atoms with Gasteiger partial charge in [-0.25, -0.2) is 8.42 Å². The molecular formula is C12H17NO4S. The molecule has 0 radical (unpaired) electrons. The number of rotatable bonds is 4. The van der Waals surface area contributed by atoms with Gasteiger partial charge in [0.15, 0.2) is 6.29 Å². The Morgan fingerprint density at radius 1 is 1.28 bits per heavy atom. The van der Waals surface area contributed by atoms with Crippen LogP contribution in [0.15, 0.2) is 24.3 Å². The van der Waals surface area contributed by atoms with E-state index in [-0.39, 0.29) is 0 Å². The van der Waals surface area contributed by atoms with E-state index >= 15 is 0 Å². The summed E-state index contributed by atoms with van der Waals surface area (Å²) >= 11 is 0. The van der Waals surface area contributed by atoms with E-state index in [0.29, 0.717) is 18.9 Å². The molecule has 0 bridgehead atoms. The van der Waals surface area contributed by atoms with Crippen molar-refractivity contribution in [3.05, 3.63) is 29.8 Å². The molecule has 1 heterocycles. The summed E-state index contributed by atoms with van der Waals surface area (Å²) in [7, 11) is -3.32. The highest BCUT2D eigenvalue weighted by atomic mass is 32.2. The average molecular weight is 271 g/mol. The first-order valence-corrected chi connectivity index (χ1v) is 7.38. The minimum absolute atomic E-state index is 0.395. The summed E-state index contributed by atoms with van der Waals surface area (Å²) in [5, 5.41) is -0.472. The van der Waals surface area contributed by atoms with Gasteiger partial charge in [0.2, 0.25) is 10.0 Å². The van der Waals surface area contributed by atoms with Crippen LogP contribution in [-0.2, 0) is 19.5 Å². The third-order valence-corrected chi connectivity index (χ3v) is 4.42. The standard InChI is InChI=1S/C12H17NO4S/c1-9(2)18(14,15)13-11-5-3-4-10(8-11)12-16-6-7-17-12/h3-5,8-9,12-13H,6-7H2,1-2H3. The third-order valence-electron chi connectivity index (χ3n) is 2.66. The summed E-state index contributed by atoms with van der Waals surface area (Å²) in [5.74, 6) is 0. The molecule has 1 saturated heterocycles. The number of nitrogens with one attached hydrogen (secondary N) is 1. The zero-order valence-electron chi connectivity index (χ0n) is 10.4. The van der Waals surface area contributed by atoms with Crippen LogP contribution >= 0.6 is 0 Å². The second kappa shape index (κ2) is 5.26. The Morgan fingerprint density at radius 3 is 2.56 bits per heavy atom. The van der Waals surface area contributed by atoms with Crippen molar-refractivity contribution in [3.63, 3.8) is 0 Å². The molecule has 1 aromatic rings. The molecule has 0 aliphatic carbocycles. The number of hydrogen-bond donors (Lipinski definition) is 1. The lowest BCUT2D eigenvalue weighted by molar-refractivity contribution is -0.0440. The summed E-state index contributed by atoms with van der Waals surface area (Å²) in [6.07, 6.45) is -0.395. The molecule has 1 N–H and O–H groups in total. The van der Waals surface area contributed by atoms with Crippen molar-refractivity contribution in [2.75, 3.05) is 17.9 Å². The fourth-order valence-corrected chi connectivity index (χ4v) is 2.27. The molecule has 0 atom stereocenters. The highest BCUT2D eigenvalue weighted by Gasteiger charge is 2.20. The zero-order chi connectivity index (χ0) is 13.2. The molecule has 1 aliphatic heterocycles. The first-order valence-electron chi connectivity index (χ1n) is 5.84. The Hall–Kier alpha value is -1.11. The van der Waals surface area contributed by atoms with Crippen molar-refractivity contribution in [1.29, 1.82) is 0 Å². The van der Waals surface area contributed by atoms with Gasteiger partial charge in [0, 0.05) is 11.3 Å². The lowest BCUT2D eigenvalue weighted by Gasteiger charge is -2.13. The van der Waals surface area contributed by atoms with Crippen LogP contribution in [-0.4, -0.2) is 26.9 Å². The van der Waals surface area contributed by atoms with Gasteiger partial charge in [-0.1, -0.05) is 12.1 Å². The predicted octanol–water partition coefficient (Wildman–Crippen LogP) is 1.88. The van der Waals surface area contributed by atoms with E-state index < -0.39 is 21.6 Å². The Labute approximate surface area is 107 Å². The van der Waals surface area contributed by atoms with E-state index in [0.717, 1.165) is 5.56 Å². The third kappa shape index (κ3) is 3.01. The molecule has 0 spiro atoms. The summed E-state index contributed by atoms with van der Waals surface area (Å²) in [6.45, 7) is 4.39. The first-order chi connectivity index (χ1) is 8.49. The quantitative estimate of drug-likeness (QED) is 0.908. The number of benzene rings is 1. The van der Waals surface area contributed by atoms with E-state index in [1.807, 2.05) is 6.07 Å². The predicted molar refractivity (Wildman–Crippen MR) is 68.8 cm³/mol. The Morgan fingerprint density at radius 2 is 1.94 bits per heavy atom. The maximum atomic E-state index is 11.8. The molecule has 5 nitrogen and oxygen atoms in total. The van der Waals surface area contributed by atoms with Gasteiger partial charge in [-0.15, -0.1) is 0 Å². The maximum Gasteiger partial charge on any atom is 0.235 e. The van der Waals surface area contributed by atoms with Crippen molar-refractivity contribution < 1.29 is 17.9 Å². The van der Waals surface area contributed by atoms with E-state index in [4.69, 9.17) is 9.47 Å². The molecule has 2 rings (SSSR count). The molecule has 1 fully saturated rings. The van der Waals surface area contributed by atoms with Crippen LogP contribution in [0.2, 0.25) is 0 Å². The van der Waals surface area contributed by atoms with Crippen LogP contribution < -0.4 is 4.72 Å². The smallest absolute Gasteiger partial charge is 0.235 e. The van der Waals surface area contributed by atoms with Crippen LogP contribution in [0.4, 0.5) is 5.69 Å². The Balaban J connectivity index is 2.17. The van der Waals surface area contributed by atoms with Crippen LogP contribution in [0.5, 0.6) is 0 Å². The lowest BCUT2D eigenvalue weighted by atomic mass is 10.2. The van der Waals surface area contributed by atoms with E-state index in [1.54, 1.807) is 32.0 Å². The van der Waals surface area contributed by atoms with Crippen molar-refractivity contribution >= 4 is 15.7 Å². The van der Waals surface area contributed by atoms with Crippen molar-refractivity contribution in [2.24, 2.45) is 0 Å². The normalized spacial score (nSPS) is 17.3. The van der Waals surface area contributed by atoms with Gasteiger partial charge in [-0.2, -0.15) is 0 Å². The van der Waals surface area contributed by atoms with Crippen LogP contribution in [0, 0.1) is 0 Å². The molecule has 1 aromatic carbocycles. The second-order valence-corrected chi connectivity index (χ2v) is 6.63. The molecule has 0 amide bonds. The lowest BCUT2D eigenvalue weighted by Crippen LogP contribution is -2.22. The van der Waals surface area contributed by atoms with Crippen molar-refractivity contribution in [3.8, 4) is 0 Å². The summed E-state index contributed by atoms with van der Waals surface area (Å²) in [5.41, 5.74) is 1.34. The monoisotopic (exact) mass is 271 g/mol. The molecular weight excluding hydrogens is 254 g/mol. The first kappa shape index (κ1) is 13.3. The minimum Gasteiger partial charge on any atom is -0.346 e. The molecule has 100 valence electrons. The van der Waals surface area contributed by atoms with Crippen LogP contribution in [0.25, 0.3) is 0 Å². The van der Waals surface area contributed by atoms with Gasteiger partial charge in [0.05, 0.1) is 18.5 Å². The van der Waals surface area contributed by atoms with Gasteiger partial charge in [-0.3, -0.25) is 4.72 Å². The summed E-state index contributed by atoms with van der Waals surface area (Å²) in [6, 6.07) is 7.07. The molecule has 6 heteroatoms. The van der Waals surface area contributed by atoms with E-state index in [2.05, 4.69) is 4.72 Å². The van der Waals surface area contributed by atoms with Gasteiger partial charge in [0.1, 0.15) is 0 Å². The van der Waals surface area contributed by atoms with Gasteiger partial charge in [0.25, 0.3) is 0 Å². The second-order valence-electron chi connectivity index (χ2n) is 4.39. The summed E-state index contributed by atoms with van der Waals surface area (Å²) in [4.78, 5) is 0. The van der Waals surface area contributed by atoms with Gasteiger partial charge in [-0.05, 0) is 26.0 Å².